The summed E-state index contributed by atoms with van der Waals surface area (Å²) in [5.41, 5.74) is 19.1. The van der Waals surface area contributed by atoms with Crippen molar-refractivity contribution in [3.05, 3.63) is 235 Å². The zero-order valence-electron chi connectivity index (χ0n) is 34.0. The molecule has 0 unspecified atom stereocenters. The standard InChI is InChI=1S/C59H35N3O/c1-3-15-36(16-4-1)52-35-57(61-58(60-52)37-17-5-2-6-18-37)62-53-26-14-10-22-43(53)46-31-38(28-30-54(46)62)39-27-29-44-47-33-45-42-21-9-13-25-50(42)59(51(45)34-56(47)63-55(44)32-39)48-23-11-7-19-40(48)41-20-8-12-24-49(41)59/h1-35H. The third kappa shape index (κ3) is 4.75. The molecule has 0 atom stereocenters. The second kappa shape index (κ2) is 12.8. The Morgan fingerprint density at radius 1 is 0.349 bits per heavy atom. The van der Waals surface area contributed by atoms with Crippen molar-refractivity contribution in [2.45, 2.75) is 5.41 Å². The fraction of sp³-hybridized carbons (Fsp3) is 0.0169. The SMILES string of the molecule is c1ccc(-c2cc(-n3c4ccccc4c4cc(-c5ccc6c(c5)oc5cc7c(cc56)-c5ccccc5C75c6ccccc6-c6ccccc65)ccc43)nc(-c3ccccc3)n2)cc1. The molecule has 0 bridgehead atoms. The molecule has 63 heavy (non-hydrogen) atoms. The lowest BCUT2D eigenvalue weighted by molar-refractivity contribution is 0.666. The Hall–Kier alpha value is -8.34. The molecule has 9 aromatic carbocycles. The van der Waals surface area contributed by atoms with Gasteiger partial charge in [-0.05, 0) is 98.1 Å². The summed E-state index contributed by atoms with van der Waals surface area (Å²) in [6, 6.07) is 76.4. The Kier molecular flexibility index (Phi) is 7.01. The van der Waals surface area contributed by atoms with Gasteiger partial charge in [-0.3, -0.25) is 4.57 Å². The van der Waals surface area contributed by atoms with Crippen molar-refractivity contribution in [3.63, 3.8) is 0 Å². The minimum atomic E-state index is -0.413. The van der Waals surface area contributed by atoms with Crippen LogP contribution in [0.2, 0.25) is 0 Å². The number of hydrogen-bond acceptors (Lipinski definition) is 3. The normalized spacial score (nSPS) is 13.2. The molecule has 12 aromatic rings. The lowest BCUT2D eigenvalue weighted by Gasteiger charge is -2.30. The molecule has 2 aliphatic carbocycles. The van der Waals surface area contributed by atoms with Crippen molar-refractivity contribution < 1.29 is 4.42 Å². The minimum absolute atomic E-state index is 0.413. The first kappa shape index (κ1) is 34.4. The zero-order valence-corrected chi connectivity index (χ0v) is 34.0. The molecule has 3 aromatic heterocycles. The first-order chi connectivity index (χ1) is 31.2. The fourth-order valence-electron chi connectivity index (χ4n) is 11.0. The lowest BCUT2D eigenvalue weighted by Crippen LogP contribution is -2.25. The Morgan fingerprint density at radius 2 is 0.921 bits per heavy atom. The number of nitrogens with zero attached hydrogens (tertiary/aromatic N) is 3. The number of aromatic nitrogens is 3. The van der Waals surface area contributed by atoms with Crippen LogP contribution in [0.5, 0.6) is 0 Å². The van der Waals surface area contributed by atoms with Crippen molar-refractivity contribution in [2.24, 2.45) is 0 Å². The van der Waals surface area contributed by atoms with Gasteiger partial charge in [0.15, 0.2) is 5.82 Å². The number of fused-ring (bicyclic) bond motifs is 16. The number of benzene rings is 9. The maximum atomic E-state index is 6.91. The van der Waals surface area contributed by atoms with Gasteiger partial charge in [0.2, 0.25) is 0 Å². The summed E-state index contributed by atoms with van der Waals surface area (Å²) in [7, 11) is 0. The van der Waals surface area contributed by atoms with Crippen LogP contribution in [0.1, 0.15) is 22.3 Å². The summed E-state index contributed by atoms with van der Waals surface area (Å²) in [6.07, 6.45) is 0. The average Bonchev–Trinajstić information content (AvgIpc) is 4.06. The molecule has 292 valence electrons. The van der Waals surface area contributed by atoms with Crippen LogP contribution in [0.4, 0.5) is 0 Å². The van der Waals surface area contributed by atoms with Gasteiger partial charge in [0.05, 0.1) is 22.1 Å². The smallest absolute Gasteiger partial charge is 0.162 e. The van der Waals surface area contributed by atoms with Crippen LogP contribution in [-0.4, -0.2) is 14.5 Å². The molecule has 2 aliphatic rings. The number of para-hydroxylation sites is 1. The fourth-order valence-corrected chi connectivity index (χ4v) is 11.0. The zero-order chi connectivity index (χ0) is 41.2. The summed E-state index contributed by atoms with van der Waals surface area (Å²) in [6.45, 7) is 0. The molecular weight excluding hydrogens is 767 g/mol. The predicted octanol–water partition coefficient (Wildman–Crippen LogP) is 14.8. The van der Waals surface area contributed by atoms with Crippen molar-refractivity contribution in [3.8, 4) is 61.8 Å². The van der Waals surface area contributed by atoms with Crippen LogP contribution in [0.15, 0.2) is 217 Å². The molecule has 3 heterocycles. The van der Waals surface area contributed by atoms with Crippen LogP contribution < -0.4 is 0 Å². The molecule has 14 rings (SSSR count). The number of rotatable bonds is 4. The molecule has 0 radical (unpaired) electrons. The number of furan rings is 1. The Labute approximate surface area is 363 Å². The van der Waals surface area contributed by atoms with E-state index in [1.807, 2.05) is 24.3 Å². The topological polar surface area (TPSA) is 43.9 Å². The molecular formula is C59H35N3O. The van der Waals surface area contributed by atoms with Crippen LogP contribution in [0, 0.1) is 0 Å². The maximum absolute atomic E-state index is 6.91. The van der Waals surface area contributed by atoms with Crippen LogP contribution in [0.3, 0.4) is 0 Å². The minimum Gasteiger partial charge on any atom is -0.456 e. The summed E-state index contributed by atoms with van der Waals surface area (Å²) in [4.78, 5) is 10.3. The second-order valence-electron chi connectivity index (χ2n) is 16.8. The molecule has 0 aliphatic heterocycles. The average molecular weight is 802 g/mol. The highest BCUT2D eigenvalue weighted by molar-refractivity contribution is 6.12. The summed E-state index contributed by atoms with van der Waals surface area (Å²) >= 11 is 0. The van der Waals surface area contributed by atoms with Crippen molar-refractivity contribution in [2.75, 3.05) is 0 Å². The molecule has 0 fully saturated rings. The Bertz CT molecular complexity index is 3760. The monoisotopic (exact) mass is 801 g/mol. The van der Waals surface area contributed by atoms with E-state index in [1.165, 1.54) is 49.9 Å². The van der Waals surface area contributed by atoms with Crippen LogP contribution in [-0.2, 0) is 5.41 Å². The van der Waals surface area contributed by atoms with Crippen LogP contribution >= 0.6 is 0 Å². The van der Waals surface area contributed by atoms with Crippen molar-refractivity contribution >= 4 is 43.7 Å². The number of hydrogen-bond donors (Lipinski definition) is 0. The van der Waals surface area contributed by atoms with Crippen LogP contribution in [0.25, 0.3) is 106 Å². The van der Waals surface area contributed by atoms with E-state index in [1.54, 1.807) is 0 Å². The highest BCUT2D eigenvalue weighted by Gasteiger charge is 2.51. The van der Waals surface area contributed by atoms with E-state index in [0.717, 1.165) is 72.1 Å². The molecule has 0 saturated heterocycles. The highest BCUT2D eigenvalue weighted by Crippen LogP contribution is 2.63. The van der Waals surface area contributed by atoms with Gasteiger partial charge in [0.25, 0.3) is 0 Å². The summed E-state index contributed by atoms with van der Waals surface area (Å²) < 4.78 is 9.19. The van der Waals surface area contributed by atoms with Gasteiger partial charge in [-0.2, -0.15) is 0 Å². The molecule has 4 nitrogen and oxygen atoms in total. The lowest BCUT2D eigenvalue weighted by atomic mass is 9.70. The van der Waals surface area contributed by atoms with Gasteiger partial charge in [0, 0.05) is 38.7 Å². The van der Waals surface area contributed by atoms with Gasteiger partial charge >= 0.3 is 0 Å². The molecule has 4 heteroatoms. The van der Waals surface area contributed by atoms with E-state index in [2.05, 4.69) is 193 Å². The quantitative estimate of drug-likeness (QED) is 0.178. The molecule has 0 N–H and O–H groups in total. The van der Waals surface area contributed by atoms with Gasteiger partial charge in [0.1, 0.15) is 17.0 Å². The largest absolute Gasteiger partial charge is 0.456 e. The van der Waals surface area contributed by atoms with Crippen molar-refractivity contribution in [1.82, 2.24) is 14.5 Å². The summed E-state index contributed by atoms with van der Waals surface area (Å²) in [5, 5.41) is 4.58. The predicted molar refractivity (Wildman–Crippen MR) is 256 cm³/mol. The van der Waals surface area contributed by atoms with Gasteiger partial charge in [-0.1, -0.05) is 164 Å². The van der Waals surface area contributed by atoms with E-state index < -0.39 is 5.41 Å². The first-order valence-electron chi connectivity index (χ1n) is 21.6. The molecule has 1 spiro atoms. The summed E-state index contributed by atoms with van der Waals surface area (Å²) in [5.74, 6) is 1.52. The van der Waals surface area contributed by atoms with Gasteiger partial charge in [-0.25, -0.2) is 9.97 Å². The van der Waals surface area contributed by atoms with Gasteiger partial charge in [-0.15, -0.1) is 0 Å². The van der Waals surface area contributed by atoms with Crippen molar-refractivity contribution in [1.29, 1.82) is 0 Å². The third-order valence-electron chi connectivity index (χ3n) is 13.6. The van der Waals surface area contributed by atoms with E-state index in [4.69, 9.17) is 14.4 Å². The first-order valence-corrected chi connectivity index (χ1v) is 21.6. The molecule has 0 amide bonds. The van der Waals surface area contributed by atoms with E-state index >= 15 is 0 Å². The highest BCUT2D eigenvalue weighted by atomic mass is 16.3. The van der Waals surface area contributed by atoms with Gasteiger partial charge < -0.3 is 4.42 Å². The third-order valence-corrected chi connectivity index (χ3v) is 13.6. The van der Waals surface area contributed by atoms with E-state index in [9.17, 15) is 0 Å². The second-order valence-corrected chi connectivity index (χ2v) is 16.8. The Balaban J connectivity index is 0.927. The Morgan fingerprint density at radius 3 is 1.65 bits per heavy atom. The molecule has 0 saturated carbocycles. The maximum Gasteiger partial charge on any atom is 0.162 e. The van der Waals surface area contributed by atoms with E-state index in [0.29, 0.717) is 5.82 Å². The van der Waals surface area contributed by atoms with E-state index in [-0.39, 0.29) is 0 Å².